The van der Waals surface area contributed by atoms with Gasteiger partial charge in [-0.05, 0) is 40.6 Å². The predicted molar refractivity (Wildman–Crippen MR) is 67.6 cm³/mol. The third-order valence-corrected chi connectivity index (χ3v) is 3.51. The second kappa shape index (κ2) is 5.05. The van der Waals surface area contributed by atoms with Gasteiger partial charge in [-0.15, -0.1) is 0 Å². The number of hydrogen-bond acceptors (Lipinski definition) is 3. The van der Waals surface area contributed by atoms with E-state index < -0.39 is 0 Å². The van der Waals surface area contributed by atoms with E-state index in [1.54, 1.807) is 23.5 Å². The summed E-state index contributed by atoms with van der Waals surface area (Å²) >= 11 is 4.88. The molecule has 0 bridgehead atoms. The molecular weight excluding hydrogens is 291 g/mol. The van der Waals surface area contributed by atoms with Crippen molar-refractivity contribution in [3.05, 3.63) is 56.4 Å². The topological polar surface area (TPSA) is 38.0 Å². The van der Waals surface area contributed by atoms with Crippen LogP contribution >= 0.6 is 27.3 Å². The second-order valence-corrected chi connectivity index (χ2v) is 5.02. The Kier molecular flexibility index (Phi) is 3.70. The van der Waals surface area contributed by atoms with Crippen molar-refractivity contribution in [3.8, 4) is 0 Å². The molecule has 1 atom stereocenters. The molecule has 16 heavy (non-hydrogen) atoms. The summed E-state index contributed by atoms with van der Waals surface area (Å²) < 4.78 is 14.5. The Morgan fingerprint density at radius 3 is 2.81 bits per heavy atom. The minimum absolute atomic E-state index is 0.266. The molecule has 2 nitrogen and oxygen atoms in total. The molecule has 0 aliphatic carbocycles. The number of rotatable bonds is 3. The largest absolute Gasteiger partial charge is 0.271 e. The highest BCUT2D eigenvalue weighted by Crippen LogP contribution is 2.27. The van der Waals surface area contributed by atoms with Crippen LogP contribution in [-0.2, 0) is 0 Å². The van der Waals surface area contributed by atoms with E-state index in [1.807, 2.05) is 16.8 Å². The fourth-order valence-electron chi connectivity index (χ4n) is 1.54. The summed E-state index contributed by atoms with van der Waals surface area (Å²) in [6, 6.07) is 6.44. The van der Waals surface area contributed by atoms with Crippen molar-refractivity contribution in [2.45, 2.75) is 6.04 Å². The minimum Gasteiger partial charge on any atom is -0.271 e. The molecular formula is C11H10BrFN2S. The minimum atomic E-state index is -0.316. The van der Waals surface area contributed by atoms with E-state index in [1.165, 1.54) is 6.07 Å². The molecule has 1 unspecified atom stereocenters. The van der Waals surface area contributed by atoms with E-state index in [2.05, 4.69) is 21.4 Å². The Hall–Kier alpha value is -0.750. The Balaban J connectivity index is 2.44. The molecule has 2 aromatic rings. The van der Waals surface area contributed by atoms with E-state index in [9.17, 15) is 4.39 Å². The Morgan fingerprint density at radius 1 is 1.38 bits per heavy atom. The van der Waals surface area contributed by atoms with Crippen molar-refractivity contribution in [2.24, 2.45) is 5.84 Å². The van der Waals surface area contributed by atoms with Gasteiger partial charge in [-0.3, -0.25) is 5.84 Å². The molecule has 0 aliphatic rings. The summed E-state index contributed by atoms with van der Waals surface area (Å²) in [5.41, 5.74) is 4.13. The van der Waals surface area contributed by atoms with Crippen molar-refractivity contribution >= 4 is 27.3 Å². The number of hydrazine groups is 1. The molecule has 0 fully saturated rings. The van der Waals surface area contributed by atoms with Crippen molar-refractivity contribution < 1.29 is 4.39 Å². The van der Waals surface area contributed by atoms with Crippen LogP contribution in [0.15, 0.2) is 39.5 Å². The van der Waals surface area contributed by atoms with Gasteiger partial charge in [0.2, 0.25) is 0 Å². The molecule has 0 saturated carbocycles. The highest BCUT2D eigenvalue weighted by Gasteiger charge is 2.17. The zero-order chi connectivity index (χ0) is 11.5. The first-order valence-corrected chi connectivity index (χ1v) is 6.39. The SMILES string of the molecule is NNC(c1ccsc1)c1cc(Br)ccc1F. The summed E-state index contributed by atoms with van der Waals surface area (Å²) in [7, 11) is 0. The number of benzene rings is 1. The first kappa shape index (κ1) is 11.7. The predicted octanol–water partition coefficient (Wildman–Crippen LogP) is 3.20. The summed E-state index contributed by atoms with van der Waals surface area (Å²) in [6.45, 7) is 0. The Labute approximate surface area is 105 Å². The number of halogens is 2. The van der Waals surface area contributed by atoms with E-state index in [-0.39, 0.29) is 11.9 Å². The lowest BCUT2D eigenvalue weighted by Gasteiger charge is -2.16. The number of nitrogens with two attached hydrogens (primary N) is 1. The number of nitrogens with one attached hydrogen (secondary N) is 1. The molecule has 0 spiro atoms. The van der Waals surface area contributed by atoms with Crippen LogP contribution in [0.5, 0.6) is 0 Å². The molecule has 1 aromatic heterocycles. The van der Waals surface area contributed by atoms with E-state index in [0.29, 0.717) is 5.56 Å². The molecule has 2 rings (SSSR count). The first-order valence-electron chi connectivity index (χ1n) is 4.65. The molecule has 3 N–H and O–H groups in total. The molecule has 0 saturated heterocycles. The summed E-state index contributed by atoms with van der Waals surface area (Å²) in [5.74, 6) is 5.22. The molecule has 1 heterocycles. The van der Waals surface area contributed by atoms with Gasteiger partial charge in [0.25, 0.3) is 0 Å². The van der Waals surface area contributed by atoms with Crippen LogP contribution in [0.25, 0.3) is 0 Å². The van der Waals surface area contributed by atoms with E-state index in [4.69, 9.17) is 5.84 Å². The normalized spacial score (nSPS) is 12.7. The van der Waals surface area contributed by atoms with Crippen LogP contribution in [-0.4, -0.2) is 0 Å². The lowest BCUT2D eigenvalue weighted by molar-refractivity contribution is 0.560. The van der Waals surface area contributed by atoms with Crippen LogP contribution < -0.4 is 11.3 Å². The molecule has 5 heteroatoms. The van der Waals surface area contributed by atoms with Gasteiger partial charge in [-0.1, -0.05) is 15.9 Å². The van der Waals surface area contributed by atoms with Gasteiger partial charge in [0, 0.05) is 10.0 Å². The van der Waals surface area contributed by atoms with Gasteiger partial charge in [-0.25, -0.2) is 9.82 Å². The molecule has 1 aromatic carbocycles. The molecule has 0 radical (unpaired) electrons. The van der Waals surface area contributed by atoms with Gasteiger partial charge < -0.3 is 0 Å². The molecule has 0 aliphatic heterocycles. The molecule has 0 amide bonds. The summed E-state index contributed by atoms with van der Waals surface area (Å²) in [4.78, 5) is 0. The Bertz CT molecular complexity index is 473. The maximum absolute atomic E-state index is 13.7. The maximum Gasteiger partial charge on any atom is 0.128 e. The quantitative estimate of drug-likeness (QED) is 0.675. The monoisotopic (exact) mass is 300 g/mol. The average molecular weight is 301 g/mol. The number of thiophene rings is 1. The van der Waals surface area contributed by atoms with Crippen LogP contribution in [0, 0.1) is 5.82 Å². The Morgan fingerprint density at radius 2 is 2.19 bits per heavy atom. The first-order chi connectivity index (χ1) is 7.72. The van der Waals surface area contributed by atoms with Crippen LogP contribution in [0.2, 0.25) is 0 Å². The smallest absolute Gasteiger partial charge is 0.128 e. The zero-order valence-electron chi connectivity index (χ0n) is 8.28. The van der Waals surface area contributed by atoms with Gasteiger partial charge in [0.1, 0.15) is 5.82 Å². The van der Waals surface area contributed by atoms with E-state index >= 15 is 0 Å². The fourth-order valence-corrected chi connectivity index (χ4v) is 2.61. The summed E-state index contributed by atoms with van der Waals surface area (Å²) in [5, 5.41) is 3.89. The zero-order valence-corrected chi connectivity index (χ0v) is 10.7. The van der Waals surface area contributed by atoms with E-state index in [0.717, 1.165) is 10.0 Å². The average Bonchev–Trinajstić information content (AvgIpc) is 2.78. The molecule has 84 valence electrons. The van der Waals surface area contributed by atoms with Crippen molar-refractivity contribution in [1.29, 1.82) is 0 Å². The third-order valence-electron chi connectivity index (χ3n) is 2.31. The standard InChI is InChI=1S/C11H10BrFN2S/c12-8-1-2-10(13)9(5-8)11(15-14)7-3-4-16-6-7/h1-6,11,15H,14H2. The van der Waals surface area contributed by atoms with Crippen LogP contribution in [0.4, 0.5) is 4.39 Å². The van der Waals surface area contributed by atoms with Crippen LogP contribution in [0.1, 0.15) is 17.2 Å². The fraction of sp³-hybridized carbons (Fsp3) is 0.0909. The van der Waals surface area contributed by atoms with Crippen molar-refractivity contribution in [1.82, 2.24) is 5.43 Å². The van der Waals surface area contributed by atoms with Gasteiger partial charge >= 0.3 is 0 Å². The van der Waals surface area contributed by atoms with Gasteiger partial charge in [0.05, 0.1) is 6.04 Å². The highest BCUT2D eigenvalue weighted by molar-refractivity contribution is 9.10. The lowest BCUT2D eigenvalue weighted by Crippen LogP contribution is -2.29. The van der Waals surface area contributed by atoms with Gasteiger partial charge in [-0.2, -0.15) is 11.3 Å². The second-order valence-electron chi connectivity index (χ2n) is 3.32. The van der Waals surface area contributed by atoms with Crippen LogP contribution in [0.3, 0.4) is 0 Å². The third kappa shape index (κ3) is 2.32. The lowest BCUT2D eigenvalue weighted by atomic mass is 10.0. The van der Waals surface area contributed by atoms with Crippen molar-refractivity contribution in [3.63, 3.8) is 0 Å². The highest BCUT2D eigenvalue weighted by atomic mass is 79.9. The van der Waals surface area contributed by atoms with Gasteiger partial charge in [0.15, 0.2) is 0 Å². The number of hydrogen-bond donors (Lipinski definition) is 2. The summed E-state index contributed by atoms with van der Waals surface area (Å²) in [6.07, 6.45) is 0. The van der Waals surface area contributed by atoms with Crippen molar-refractivity contribution in [2.75, 3.05) is 0 Å². The maximum atomic E-state index is 13.7.